The molecule has 0 aliphatic carbocycles. The minimum absolute atomic E-state index is 0.177. The Morgan fingerprint density at radius 2 is 2.20 bits per heavy atom. The number of aliphatic hydroxyl groups is 1. The van der Waals surface area contributed by atoms with Gasteiger partial charge in [0.2, 0.25) is 5.91 Å². The van der Waals surface area contributed by atoms with E-state index in [1.54, 1.807) is 0 Å². The summed E-state index contributed by atoms with van der Waals surface area (Å²) in [5.41, 5.74) is 1.82. The first kappa shape index (κ1) is 15.8. The Bertz CT molecular complexity index is 721. The Morgan fingerprint density at radius 1 is 1.40 bits per heavy atom. The molecule has 0 aromatic heterocycles. The Morgan fingerprint density at radius 3 is 3.00 bits per heavy atom. The van der Waals surface area contributed by atoms with Crippen molar-refractivity contribution in [2.45, 2.75) is 49.8 Å². The van der Waals surface area contributed by atoms with E-state index in [1.807, 2.05) is 24.9 Å². The quantitative estimate of drug-likeness (QED) is 0.889. The number of nitrogens with zero attached hydrogens (tertiary/aromatic N) is 2. The number of rotatable bonds is 2. The molecular formula is C20H26N2O3. The Hall–Kier alpha value is -1.43. The maximum absolute atomic E-state index is 13.5. The van der Waals surface area contributed by atoms with Gasteiger partial charge in [0.15, 0.2) is 0 Å². The number of para-hydroxylation sites is 1. The summed E-state index contributed by atoms with van der Waals surface area (Å²) in [6.45, 7) is 3.26. The van der Waals surface area contributed by atoms with Gasteiger partial charge in [0.25, 0.3) is 0 Å². The predicted molar refractivity (Wildman–Crippen MR) is 94.3 cm³/mol. The number of aliphatic hydroxyl groups excluding tert-OH is 1. The third-order valence-electron chi connectivity index (χ3n) is 7.18. The van der Waals surface area contributed by atoms with Crippen LogP contribution in [0, 0.1) is 11.8 Å². The van der Waals surface area contributed by atoms with Gasteiger partial charge in [0.1, 0.15) is 0 Å². The second-order valence-electron chi connectivity index (χ2n) is 8.40. The molecule has 5 nitrogen and oxygen atoms in total. The number of piperidine rings is 1. The zero-order chi connectivity index (χ0) is 17.3. The van der Waals surface area contributed by atoms with E-state index in [4.69, 9.17) is 4.74 Å². The maximum atomic E-state index is 13.5. The number of hydrogen-bond acceptors (Lipinski definition) is 4. The van der Waals surface area contributed by atoms with Gasteiger partial charge < -0.3 is 14.7 Å². The highest BCUT2D eigenvalue weighted by atomic mass is 16.5. The number of likely N-dealkylation sites (N-methyl/N-ethyl adjacent to an activating group) is 1. The van der Waals surface area contributed by atoms with Gasteiger partial charge in [-0.05, 0) is 43.7 Å². The molecule has 2 unspecified atom stereocenters. The summed E-state index contributed by atoms with van der Waals surface area (Å²) in [6, 6.07) is 8.85. The first-order valence-electron chi connectivity index (χ1n) is 9.43. The van der Waals surface area contributed by atoms with E-state index in [1.165, 1.54) is 5.56 Å². The largest absolute Gasteiger partial charge is 0.393 e. The van der Waals surface area contributed by atoms with Gasteiger partial charge in [-0.25, -0.2) is 0 Å². The molecule has 4 heterocycles. The second-order valence-corrected chi connectivity index (χ2v) is 8.40. The standard InChI is InChI=1S/C20H26N2O3/c1-12(23)7-13-8-18-20(9-17-14(13)10-25-11-22(17)18)15-5-3-4-6-16(15)21(2)19(20)24/h3-6,12-14,17-18,23H,7-11H2,1-2H3/t12?,13-,14-,17+,18+,20-/m1/s1. The van der Waals surface area contributed by atoms with Gasteiger partial charge in [-0.15, -0.1) is 0 Å². The van der Waals surface area contributed by atoms with Gasteiger partial charge in [0.05, 0.1) is 24.9 Å². The Balaban J connectivity index is 1.62. The topological polar surface area (TPSA) is 53.0 Å². The second kappa shape index (κ2) is 5.29. The van der Waals surface area contributed by atoms with Crippen molar-refractivity contribution in [3.8, 4) is 0 Å². The molecule has 1 amide bonds. The highest BCUT2D eigenvalue weighted by Crippen LogP contribution is 2.59. The summed E-state index contributed by atoms with van der Waals surface area (Å²) in [4.78, 5) is 17.8. The van der Waals surface area contributed by atoms with Gasteiger partial charge in [-0.1, -0.05) is 18.2 Å². The average Bonchev–Trinajstić information content (AvgIpc) is 2.96. The monoisotopic (exact) mass is 342 g/mol. The SMILES string of the molecule is CC(O)C[C@@H]1C[C@@H]2N3COC[C@H]1[C@@H]3C[C@]21C(=O)N(C)c2ccccc21. The molecule has 5 heteroatoms. The third-order valence-corrected chi connectivity index (χ3v) is 7.18. The molecule has 0 saturated carbocycles. The first-order valence-corrected chi connectivity index (χ1v) is 9.43. The first-order chi connectivity index (χ1) is 12.0. The van der Waals surface area contributed by atoms with Gasteiger partial charge in [-0.2, -0.15) is 0 Å². The molecule has 1 aromatic carbocycles. The fraction of sp³-hybridized carbons (Fsp3) is 0.650. The van der Waals surface area contributed by atoms with E-state index in [0.717, 1.165) is 31.6 Å². The van der Waals surface area contributed by atoms with Crippen LogP contribution in [0.4, 0.5) is 5.69 Å². The molecule has 4 bridgehead atoms. The normalized spacial score (nSPS) is 42.8. The fourth-order valence-corrected chi connectivity index (χ4v) is 6.23. The van der Waals surface area contributed by atoms with Crippen molar-refractivity contribution in [2.24, 2.45) is 11.8 Å². The minimum atomic E-state index is -0.435. The highest BCUT2D eigenvalue weighted by molar-refractivity contribution is 6.08. The lowest BCUT2D eigenvalue weighted by Gasteiger charge is -2.49. The van der Waals surface area contributed by atoms with Crippen molar-refractivity contribution in [3.63, 3.8) is 0 Å². The average molecular weight is 342 g/mol. The van der Waals surface area contributed by atoms with Crippen LogP contribution in [-0.2, 0) is 14.9 Å². The molecule has 4 aliphatic rings. The molecule has 4 aliphatic heterocycles. The lowest BCUT2D eigenvalue weighted by atomic mass is 9.72. The summed E-state index contributed by atoms with van der Waals surface area (Å²) in [5.74, 6) is 1.09. The fourth-order valence-electron chi connectivity index (χ4n) is 6.23. The van der Waals surface area contributed by atoms with Gasteiger partial charge in [0, 0.05) is 30.7 Å². The van der Waals surface area contributed by atoms with Crippen LogP contribution in [0.2, 0.25) is 0 Å². The Kier molecular flexibility index (Phi) is 3.34. The highest BCUT2D eigenvalue weighted by Gasteiger charge is 2.67. The van der Waals surface area contributed by atoms with Crippen LogP contribution in [0.5, 0.6) is 0 Å². The third kappa shape index (κ3) is 1.92. The van der Waals surface area contributed by atoms with Crippen LogP contribution in [0.1, 0.15) is 31.7 Å². The van der Waals surface area contributed by atoms with Crippen molar-refractivity contribution in [1.82, 2.24) is 4.90 Å². The van der Waals surface area contributed by atoms with Crippen molar-refractivity contribution in [2.75, 3.05) is 25.3 Å². The molecule has 1 spiro atoms. The molecule has 7 atom stereocenters. The zero-order valence-corrected chi connectivity index (χ0v) is 14.9. The molecule has 3 saturated heterocycles. The van der Waals surface area contributed by atoms with Gasteiger partial charge in [-0.3, -0.25) is 9.69 Å². The van der Waals surface area contributed by atoms with Crippen LogP contribution in [-0.4, -0.2) is 54.5 Å². The summed E-state index contributed by atoms with van der Waals surface area (Å²) < 4.78 is 5.90. The van der Waals surface area contributed by atoms with Crippen LogP contribution in [0.15, 0.2) is 24.3 Å². The number of carbonyl (C=O) groups is 1. The minimum Gasteiger partial charge on any atom is -0.393 e. The molecular weight excluding hydrogens is 316 g/mol. The van der Waals surface area contributed by atoms with Crippen molar-refractivity contribution < 1.29 is 14.6 Å². The molecule has 5 rings (SSSR count). The lowest BCUT2D eigenvalue weighted by molar-refractivity contribution is -0.138. The van der Waals surface area contributed by atoms with E-state index in [-0.39, 0.29) is 18.1 Å². The number of anilines is 1. The van der Waals surface area contributed by atoms with Crippen molar-refractivity contribution in [1.29, 1.82) is 0 Å². The molecule has 25 heavy (non-hydrogen) atoms. The number of benzene rings is 1. The van der Waals surface area contributed by atoms with E-state index >= 15 is 0 Å². The zero-order valence-electron chi connectivity index (χ0n) is 14.9. The Labute approximate surface area is 148 Å². The summed E-state index contributed by atoms with van der Waals surface area (Å²) in [7, 11) is 1.91. The predicted octanol–water partition coefficient (Wildman–Crippen LogP) is 1.74. The number of amides is 1. The number of carbonyl (C=O) groups excluding carboxylic acids is 1. The van der Waals surface area contributed by atoms with Crippen LogP contribution in [0.25, 0.3) is 0 Å². The number of ether oxygens (including phenoxy) is 1. The molecule has 1 aromatic rings. The van der Waals surface area contributed by atoms with Crippen LogP contribution >= 0.6 is 0 Å². The van der Waals surface area contributed by atoms with Gasteiger partial charge >= 0.3 is 0 Å². The number of hydrogen-bond donors (Lipinski definition) is 1. The van der Waals surface area contributed by atoms with Crippen molar-refractivity contribution >= 4 is 11.6 Å². The van der Waals surface area contributed by atoms with E-state index in [9.17, 15) is 9.90 Å². The van der Waals surface area contributed by atoms with E-state index < -0.39 is 5.41 Å². The van der Waals surface area contributed by atoms with Crippen molar-refractivity contribution in [3.05, 3.63) is 29.8 Å². The van der Waals surface area contributed by atoms with E-state index in [0.29, 0.717) is 24.6 Å². The maximum Gasteiger partial charge on any atom is 0.239 e. The molecule has 134 valence electrons. The molecule has 3 fully saturated rings. The van der Waals surface area contributed by atoms with Crippen LogP contribution < -0.4 is 4.90 Å². The smallest absolute Gasteiger partial charge is 0.239 e. The molecule has 0 radical (unpaired) electrons. The summed E-state index contributed by atoms with van der Waals surface area (Å²) in [5, 5.41) is 9.97. The van der Waals surface area contributed by atoms with Crippen LogP contribution in [0.3, 0.4) is 0 Å². The number of fused-ring (bicyclic) bond motifs is 3. The molecule has 1 N–H and O–H groups in total. The van der Waals surface area contributed by atoms with E-state index in [2.05, 4.69) is 23.1 Å². The lowest BCUT2D eigenvalue weighted by Crippen LogP contribution is -2.58. The summed E-state index contributed by atoms with van der Waals surface area (Å²) >= 11 is 0. The summed E-state index contributed by atoms with van der Waals surface area (Å²) in [6.07, 6.45) is 2.37.